The Morgan fingerprint density at radius 3 is 3.00 bits per heavy atom. The molecule has 1 unspecified atom stereocenters. The molecule has 0 amide bonds. The van der Waals surface area contributed by atoms with Crippen molar-refractivity contribution in [1.82, 2.24) is 9.55 Å². The fourth-order valence-corrected chi connectivity index (χ4v) is 2.40. The Morgan fingerprint density at radius 2 is 2.35 bits per heavy atom. The van der Waals surface area contributed by atoms with E-state index in [2.05, 4.69) is 23.1 Å². The maximum Gasteiger partial charge on any atom is 0.178 e. The van der Waals surface area contributed by atoms with Crippen LogP contribution in [-0.2, 0) is 0 Å². The van der Waals surface area contributed by atoms with Crippen LogP contribution in [0.15, 0.2) is 30.9 Å². The second-order valence-electron chi connectivity index (χ2n) is 4.06. The molecule has 1 atom stereocenters. The lowest BCUT2D eigenvalue weighted by Gasteiger charge is -2.12. The number of hydrogen-bond acceptors (Lipinski definition) is 2. The summed E-state index contributed by atoms with van der Waals surface area (Å²) < 4.78 is 8.09. The number of hydrogen-bond donors (Lipinski definition) is 1. The largest absolute Gasteiger partial charge is 0.497 e. The van der Waals surface area contributed by atoms with E-state index in [0.29, 0.717) is 6.04 Å². The molecule has 17 heavy (non-hydrogen) atoms. The highest BCUT2D eigenvalue weighted by molar-refractivity contribution is 7.71. The van der Waals surface area contributed by atoms with Gasteiger partial charge in [-0.1, -0.05) is 6.08 Å². The predicted molar refractivity (Wildman–Crippen MR) is 73.2 cm³/mol. The second-order valence-corrected chi connectivity index (χ2v) is 4.44. The number of nitrogens with zero attached hydrogens (tertiary/aromatic N) is 1. The Balaban J connectivity index is 2.63. The topological polar surface area (TPSA) is 29.9 Å². The Bertz CT molecular complexity index is 597. The lowest BCUT2D eigenvalue weighted by atomic mass is 10.2. The first-order valence-electron chi connectivity index (χ1n) is 5.56. The Hall–Kier alpha value is -1.55. The van der Waals surface area contributed by atoms with Gasteiger partial charge in [0.1, 0.15) is 5.75 Å². The van der Waals surface area contributed by atoms with Gasteiger partial charge in [0, 0.05) is 12.1 Å². The molecular weight excluding hydrogens is 232 g/mol. The molecule has 0 spiro atoms. The summed E-state index contributed by atoms with van der Waals surface area (Å²) in [5.74, 6) is 0.839. The molecule has 0 bridgehead atoms. The van der Waals surface area contributed by atoms with Crippen LogP contribution >= 0.6 is 12.2 Å². The number of aromatic amines is 1. The lowest BCUT2D eigenvalue weighted by molar-refractivity contribution is 0.415. The number of rotatable bonds is 4. The molecular formula is C13H16N2OS. The van der Waals surface area contributed by atoms with Crippen LogP contribution in [0.4, 0.5) is 0 Å². The van der Waals surface area contributed by atoms with E-state index in [1.54, 1.807) is 7.11 Å². The summed E-state index contributed by atoms with van der Waals surface area (Å²) in [6.07, 6.45) is 2.80. The van der Waals surface area contributed by atoms with E-state index in [1.165, 1.54) is 0 Å². The second kappa shape index (κ2) is 4.75. The van der Waals surface area contributed by atoms with Gasteiger partial charge in [-0.05, 0) is 37.7 Å². The Morgan fingerprint density at radius 1 is 1.59 bits per heavy atom. The monoisotopic (exact) mass is 248 g/mol. The van der Waals surface area contributed by atoms with Gasteiger partial charge in [-0.15, -0.1) is 6.58 Å². The van der Waals surface area contributed by atoms with Crippen LogP contribution in [0, 0.1) is 4.77 Å². The molecule has 0 aliphatic rings. The molecule has 1 aromatic heterocycles. The Kier molecular flexibility index (Phi) is 3.33. The van der Waals surface area contributed by atoms with Gasteiger partial charge in [-0.2, -0.15) is 0 Å². The van der Waals surface area contributed by atoms with Crippen LogP contribution in [0.2, 0.25) is 0 Å². The van der Waals surface area contributed by atoms with E-state index >= 15 is 0 Å². The third kappa shape index (κ3) is 2.13. The van der Waals surface area contributed by atoms with E-state index in [-0.39, 0.29) is 0 Å². The zero-order valence-corrected chi connectivity index (χ0v) is 10.9. The van der Waals surface area contributed by atoms with Crippen molar-refractivity contribution in [2.45, 2.75) is 19.4 Å². The van der Waals surface area contributed by atoms with Crippen LogP contribution in [0.1, 0.15) is 19.4 Å². The SMILES string of the molecule is C=CCC(C)n1c(=S)[nH]c2ccc(OC)cc21. The number of imidazole rings is 1. The summed E-state index contributed by atoms with van der Waals surface area (Å²) >= 11 is 5.36. The molecule has 0 saturated heterocycles. The first-order chi connectivity index (χ1) is 8.17. The zero-order chi connectivity index (χ0) is 12.4. The number of aromatic nitrogens is 2. The molecule has 0 fully saturated rings. The standard InChI is InChI=1S/C13H16N2OS/c1-4-5-9(2)15-12-8-10(16-3)6-7-11(12)14-13(15)17/h4,6-9H,1,5H2,2-3H3,(H,14,17). The van der Waals surface area contributed by atoms with Crippen LogP contribution < -0.4 is 4.74 Å². The van der Waals surface area contributed by atoms with Gasteiger partial charge in [-0.25, -0.2) is 0 Å². The van der Waals surface area contributed by atoms with Crippen molar-refractivity contribution in [2.24, 2.45) is 0 Å². The molecule has 2 aromatic rings. The number of benzene rings is 1. The molecule has 1 heterocycles. The van der Waals surface area contributed by atoms with Gasteiger partial charge in [-0.3, -0.25) is 0 Å². The molecule has 4 heteroatoms. The normalized spacial score (nSPS) is 12.6. The van der Waals surface area contributed by atoms with Gasteiger partial charge in [0.25, 0.3) is 0 Å². The first kappa shape index (κ1) is 11.9. The maximum absolute atomic E-state index is 5.36. The summed E-state index contributed by atoms with van der Waals surface area (Å²) in [5.41, 5.74) is 2.11. The van der Waals surface area contributed by atoms with Crippen molar-refractivity contribution in [3.63, 3.8) is 0 Å². The molecule has 3 nitrogen and oxygen atoms in total. The molecule has 0 saturated carbocycles. The third-order valence-electron chi connectivity index (χ3n) is 2.87. The number of ether oxygens (including phenoxy) is 1. The zero-order valence-electron chi connectivity index (χ0n) is 10.1. The number of methoxy groups -OCH3 is 1. The fourth-order valence-electron chi connectivity index (χ4n) is 2.01. The number of H-pyrrole nitrogens is 1. The van der Waals surface area contributed by atoms with Crippen LogP contribution in [0.25, 0.3) is 11.0 Å². The number of nitrogens with one attached hydrogen (secondary N) is 1. The highest BCUT2D eigenvalue weighted by atomic mass is 32.1. The summed E-state index contributed by atoms with van der Waals surface area (Å²) in [7, 11) is 1.67. The summed E-state index contributed by atoms with van der Waals surface area (Å²) in [4.78, 5) is 3.21. The van der Waals surface area contributed by atoms with Crippen LogP contribution in [0.3, 0.4) is 0 Å². The van der Waals surface area contributed by atoms with Crippen molar-refractivity contribution in [3.8, 4) is 5.75 Å². The van der Waals surface area contributed by atoms with Crippen molar-refractivity contribution < 1.29 is 4.74 Å². The first-order valence-corrected chi connectivity index (χ1v) is 5.97. The molecule has 90 valence electrons. The molecule has 0 radical (unpaired) electrons. The highest BCUT2D eigenvalue weighted by Crippen LogP contribution is 2.25. The smallest absolute Gasteiger partial charge is 0.178 e. The van der Waals surface area contributed by atoms with Gasteiger partial charge in [0.2, 0.25) is 0 Å². The van der Waals surface area contributed by atoms with Crippen molar-refractivity contribution >= 4 is 23.3 Å². The number of fused-ring (bicyclic) bond motifs is 1. The van der Waals surface area contributed by atoms with E-state index in [1.807, 2.05) is 24.3 Å². The lowest BCUT2D eigenvalue weighted by Crippen LogP contribution is -2.03. The van der Waals surface area contributed by atoms with Crippen molar-refractivity contribution in [2.75, 3.05) is 7.11 Å². The third-order valence-corrected chi connectivity index (χ3v) is 3.17. The summed E-state index contributed by atoms with van der Waals surface area (Å²) in [6.45, 7) is 5.90. The molecule has 1 aromatic carbocycles. The van der Waals surface area contributed by atoms with Gasteiger partial charge >= 0.3 is 0 Å². The van der Waals surface area contributed by atoms with E-state index in [0.717, 1.165) is 28.0 Å². The van der Waals surface area contributed by atoms with Crippen LogP contribution in [0.5, 0.6) is 5.75 Å². The van der Waals surface area contributed by atoms with Gasteiger partial charge in [0.05, 0.1) is 18.1 Å². The molecule has 0 aliphatic carbocycles. The van der Waals surface area contributed by atoms with E-state index < -0.39 is 0 Å². The maximum atomic E-state index is 5.36. The van der Waals surface area contributed by atoms with Crippen molar-refractivity contribution in [1.29, 1.82) is 0 Å². The minimum absolute atomic E-state index is 0.292. The highest BCUT2D eigenvalue weighted by Gasteiger charge is 2.10. The average Bonchev–Trinajstić information content (AvgIpc) is 2.64. The summed E-state index contributed by atoms with van der Waals surface area (Å²) in [6, 6.07) is 6.21. The minimum atomic E-state index is 0.292. The predicted octanol–water partition coefficient (Wildman–Crippen LogP) is 3.84. The summed E-state index contributed by atoms with van der Waals surface area (Å²) in [5, 5.41) is 0. The quantitative estimate of drug-likeness (QED) is 0.658. The van der Waals surface area contributed by atoms with E-state index in [9.17, 15) is 0 Å². The average molecular weight is 248 g/mol. The van der Waals surface area contributed by atoms with Gasteiger partial charge in [0.15, 0.2) is 4.77 Å². The van der Waals surface area contributed by atoms with E-state index in [4.69, 9.17) is 17.0 Å². The minimum Gasteiger partial charge on any atom is -0.497 e. The Labute approximate surface area is 106 Å². The van der Waals surface area contributed by atoms with Gasteiger partial charge < -0.3 is 14.3 Å². The van der Waals surface area contributed by atoms with Crippen molar-refractivity contribution in [3.05, 3.63) is 35.6 Å². The fraction of sp³-hybridized carbons (Fsp3) is 0.308. The number of allylic oxidation sites excluding steroid dienone is 1. The molecule has 2 rings (SSSR count). The van der Waals surface area contributed by atoms with Crippen LogP contribution in [-0.4, -0.2) is 16.7 Å². The molecule has 0 aliphatic heterocycles. The molecule has 1 N–H and O–H groups in total.